The van der Waals surface area contributed by atoms with Crippen LogP contribution in [0.4, 0.5) is 0 Å². The first-order valence-electron chi connectivity index (χ1n) is 4.33. The minimum atomic E-state index is -0.887. The maximum absolute atomic E-state index is 11.3. The van der Waals surface area contributed by atoms with Crippen LogP contribution >= 0.6 is 0 Å². The lowest BCUT2D eigenvalue weighted by Crippen LogP contribution is -2.60. The van der Waals surface area contributed by atoms with Gasteiger partial charge in [0, 0.05) is 6.54 Å². The van der Waals surface area contributed by atoms with Crippen molar-refractivity contribution in [3.63, 3.8) is 0 Å². The summed E-state index contributed by atoms with van der Waals surface area (Å²) < 4.78 is 0. The highest BCUT2D eigenvalue weighted by atomic mass is 16.2. The zero-order valence-corrected chi connectivity index (χ0v) is 7.90. The number of likely N-dealkylation sites (tertiary alicyclic amines) is 1. The molecule has 0 radical (unpaired) electrons. The molecule has 1 heterocycles. The molecule has 7 nitrogen and oxygen atoms in total. The van der Waals surface area contributed by atoms with Gasteiger partial charge in [-0.1, -0.05) is 0 Å². The Bertz CT molecular complexity index is 346. The average Bonchev–Trinajstić information content (AvgIpc) is 2.11. The van der Waals surface area contributed by atoms with E-state index in [9.17, 15) is 14.4 Å². The van der Waals surface area contributed by atoms with Crippen LogP contribution in [0.3, 0.4) is 0 Å². The Labute approximate surface area is 85.8 Å². The van der Waals surface area contributed by atoms with Gasteiger partial charge in [0.05, 0.1) is 6.07 Å². The Morgan fingerprint density at radius 1 is 1.53 bits per heavy atom. The molecule has 1 rings (SSSR count). The Hall–Kier alpha value is -2.10. The van der Waals surface area contributed by atoms with Crippen LogP contribution in [0.2, 0.25) is 0 Å². The van der Waals surface area contributed by atoms with E-state index in [-0.39, 0.29) is 6.54 Å². The van der Waals surface area contributed by atoms with Gasteiger partial charge in [-0.25, -0.2) is 0 Å². The summed E-state index contributed by atoms with van der Waals surface area (Å²) in [6.07, 6.45) is 0.479. The monoisotopic (exact) mass is 210 g/mol. The van der Waals surface area contributed by atoms with Crippen molar-refractivity contribution in [1.29, 1.82) is 5.26 Å². The Balaban J connectivity index is 2.51. The van der Waals surface area contributed by atoms with Gasteiger partial charge in [0.25, 0.3) is 0 Å². The summed E-state index contributed by atoms with van der Waals surface area (Å²) in [7, 11) is 0. The highest BCUT2D eigenvalue weighted by molar-refractivity contribution is 6.35. The van der Waals surface area contributed by atoms with Crippen LogP contribution in [0.15, 0.2) is 0 Å². The Kier molecular flexibility index (Phi) is 3.23. The lowest BCUT2D eigenvalue weighted by atomic mass is 10.0. The number of carbonyl (C=O) groups excluding carboxylic acids is 3. The number of nitriles is 1. The third-order valence-electron chi connectivity index (χ3n) is 2.13. The van der Waals surface area contributed by atoms with E-state index in [1.165, 1.54) is 0 Å². The molecule has 15 heavy (non-hydrogen) atoms. The first-order valence-corrected chi connectivity index (χ1v) is 4.33. The smallest absolute Gasteiger partial charge is 0.312 e. The second-order valence-electron chi connectivity index (χ2n) is 3.05. The molecule has 0 bridgehead atoms. The summed E-state index contributed by atoms with van der Waals surface area (Å²) in [6, 6.07) is 0.979. The number of primary amides is 1. The van der Waals surface area contributed by atoms with Crippen LogP contribution < -0.4 is 11.1 Å². The van der Waals surface area contributed by atoms with Crippen molar-refractivity contribution in [2.75, 3.05) is 13.1 Å². The molecular weight excluding hydrogens is 200 g/mol. The minimum Gasteiger partial charge on any atom is -0.368 e. The first kappa shape index (κ1) is 11.0. The van der Waals surface area contributed by atoms with Crippen molar-refractivity contribution in [1.82, 2.24) is 10.2 Å². The third kappa shape index (κ3) is 2.22. The number of hydrogen-bond donors (Lipinski definition) is 2. The van der Waals surface area contributed by atoms with Crippen LogP contribution in [0, 0.1) is 11.3 Å². The van der Waals surface area contributed by atoms with E-state index in [1.54, 1.807) is 6.07 Å². The Morgan fingerprint density at radius 2 is 2.20 bits per heavy atom. The fourth-order valence-electron chi connectivity index (χ4n) is 1.25. The van der Waals surface area contributed by atoms with Gasteiger partial charge in [0.15, 0.2) is 0 Å². The van der Waals surface area contributed by atoms with E-state index < -0.39 is 23.8 Å². The van der Waals surface area contributed by atoms with Crippen molar-refractivity contribution in [3.8, 4) is 6.07 Å². The van der Waals surface area contributed by atoms with Crippen LogP contribution in [0.5, 0.6) is 0 Å². The Morgan fingerprint density at radius 3 is 2.60 bits per heavy atom. The molecule has 0 saturated carbocycles. The molecule has 0 spiro atoms. The topological polar surface area (TPSA) is 116 Å². The molecule has 3 N–H and O–H groups in total. The summed E-state index contributed by atoms with van der Waals surface area (Å²) in [5, 5.41) is 10.3. The summed E-state index contributed by atoms with van der Waals surface area (Å²) in [4.78, 5) is 34.3. The molecule has 7 heteroatoms. The molecule has 0 aromatic heterocycles. The van der Waals surface area contributed by atoms with E-state index in [2.05, 4.69) is 5.32 Å². The van der Waals surface area contributed by atoms with Crippen molar-refractivity contribution in [2.45, 2.75) is 12.5 Å². The largest absolute Gasteiger partial charge is 0.368 e. The normalized spacial score (nSPS) is 18.6. The quantitative estimate of drug-likeness (QED) is 0.394. The van der Waals surface area contributed by atoms with Crippen LogP contribution in [0.1, 0.15) is 6.42 Å². The van der Waals surface area contributed by atoms with Crippen molar-refractivity contribution >= 4 is 17.7 Å². The van der Waals surface area contributed by atoms with Gasteiger partial charge in [-0.3, -0.25) is 14.4 Å². The molecule has 0 aliphatic carbocycles. The van der Waals surface area contributed by atoms with Gasteiger partial charge in [-0.15, -0.1) is 0 Å². The molecule has 1 aliphatic heterocycles. The predicted octanol–water partition coefficient (Wildman–Crippen LogP) is -2.29. The highest BCUT2D eigenvalue weighted by Gasteiger charge is 2.38. The number of nitrogens with one attached hydrogen (secondary N) is 1. The standard InChI is InChI=1S/C8H10N4O3/c9-2-3-11-7(14)8(15)12-4-1-5(12)6(10)13/h5H,1,3-4H2,(H2,10,13)(H,11,14). The van der Waals surface area contributed by atoms with Crippen LogP contribution in [-0.4, -0.2) is 41.8 Å². The number of carbonyl (C=O) groups is 3. The zero-order valence-electron chi connectivity index (χ0n) is 7.90. The van der Waals surface area contributed by atoms with Crippen molar-refractivity contribution in [3.05, 3.63) is 0 Å². The SMILES string of the molecule is N#CCNC(=O)C(=O)N1CCC1C(N)=O. The molecule has 1 aliphatic rings. The molecule has 1 unspecified atom stereocenters. The molecule has 80 valence electrons. The molecule has 1 saturated heterocycles. The van der Waals surface area contributed by atoms with E-state index in [4.69, 9.17) is 11.0 Å². The first-order chi connectivity index (χ1) is 7.07. The summed E-state index contributed by atoms with van der Waals surface area (Å²) in [5.41, 5.74) is 5.01. The van der Waals surface area contributed by atoms with E-state index in [0.717, 1.165) is 4.90 Å². The molecule has 0 aromatic rings. The van der Waals surface area contributed by atoms with Gasteiger partial charge in [0.2, 0.25) is 5.91 Å². The molecule has 0 aromatic carbocycles. The molecule has 1 atom stereocenters. The van der Waals surface area contributed by atoms with Gasteiger partial charge >= 0.3 is 11.8 Å². The number of nitrogens with two attached hydrogens (primary N) is 1. The van der Waals surface area contributed by atoms with Gasteiger partial charge < -0.3 is 16.0 Å². The summed E-state index contributed by atoms with van der Waals surface area (Å²) >= 11 is 0. The maximum Gasteiger partial charge on any atom is 0.312 e. The predicted molar refractivity (Wildman–Crippen MR) is 47.9 cm³/mol. The number of rotatable bonds is 2. The maximum atomic E-state index is 11.3. The van der Waals surface area contributed by atoms with Crippen LogP contribution in [-0.2, 0) is 14.4 Å². The summed E-state index contributed by atoms with van der Waals surface area (Å²) in [6.45, 7) is 0.103. The average molecular weight is 210 g/mol. The fourth-order valence-corrected chi connectivity index (χ4v) is 1.25. The third-order valence-corrected chi connectivity index (χ3v) is 2.13. The van der Waals surface area contributed by atoms with Gasteiger partial charge in [-0.05, 0) is 6.42 Å². The number of hydrogen-bond acceptors (Lipinski definition) is 4. The van der Waals surface area contributed by atoms with Crippen molar-refractivity contribution < 1.29 is 14.4 Å². The fraction of sp³-hybridized carbons (Fsp3) is 0.500. The van der Waals surface area contributed by atoms with Gasteiger partial charge in [-0.2, -0.15) is 5.26 Å². The van der Waals surface area contributed by atoms with E-state index in [0.29, 0.717) is 13.0 Å². The summed E-state index contributed by atoms with van der Waals surface area (Å²) in [5.74, 6) is -2.33. The number of amides is 3. The lowest BCUT2D eigenvalue weighted by molar-refractivity contribution is -0.153. The highest BCUT2D eigenvalue weighted by Crippen LogP contribution is 2.16. The molecule has 3 amide bonds. The van der Waals surface area contributed by atoms with Crippen molar-refractivity contribution in [2.24, 2.45) is 5.73 Å². The second kappa shape index (κ2) is 4.41. The van der Waals surface area contributed by atoms with E-state index >= 15 is 0 Å². The van der Waals surface area contributed by atoms with E-state index in [1.807, 2.05) is 0 Å². The minimum absolute atomic E-state index is 0.236. The molecular formula is C8H10N4O3. The van der Waals surface area contributed by atoms with Gasteiger partial charge in [0.1, 0.15) is 12.6 Å². The molecule has 1 fully saturated rings. The lowest BCUT2D eigenvalue weighted by Gasteiger charge is -2.37. The second-order valence-corrected chi connectivity index (χ2v) is 3.05. The number of nitrogens with zero attached hydrogens (tertiary/aromatic N) is 2. The zero-order chi connectivity index (χ0) is 11.4. The van der Waals surface area contributed by atoms with Crippen LogP contribution in [0.25, 0.3) is 0 Å².